The smallest absolute Gasteiger partial charge is 0.252 e. The maximum absolute atomic E-state index is 14.7. The van der Waals surface area contributed by atoms with Crippen LogP contribution < -0.4 is 26.8 Å². The van der Waals surface area contributed by atoms with Crippen molar-refractivity contribution >= 4 is 23.2 Å². The van der Waals surface area contributed by atoms with Crippen LogP contribution in [0.25, 0.3) is 0 Å². The highest BCUT2D eigenvalue weighted by Crippen LogP contribution is 2.27. The van der Waals surface area contributed by atoms with Gasteiger partial charge in [0.15, 0.2) is 11.6 Å². The molecule has 8 nitrogen and oxygen atoms in total. The highest BCUT2D eigenvalue weighted by atomic mass is 19.1. The average molecular weight is 457 g/mol. The van der Waals surface area contributed by atoms with Crippen molar-refractivity contribution in [1.82, 2.24) is 9.88 Å². The summed E-state index contributed by atoms with van der Waals surface area (Å²) in [5.74, 6) is -0.374. The third-order valence-corrected chi connectivity index (χ3v) is 6.37. The molecular weight excluding hydrogens is 423 g/mol. The lowest BCUT2D eigenvalue weighted by atomic mass is 9.91. The molecule has 1 aliphatic carbocycles. The number of primary amides is 1. The predicted molar refractivity (Wildman–Crippen MR) is 127 cm³/mol. The molecule has 9 heteroatoms. The Morgan fingerprint density at radius 2 is 1.85 bits per heavy atom. The Labute approximate surface area is 193 Å². The summed E-state index contributed by atoms with van der Waals surface area (Å²) in [4.78, 5) is 18.6. The maximum Gasteiger partial charge on any atom is 0.252 e. The first-order valence-corrected chi connectivity index (χ1v) is 11.7. The Hall–Kier alpha value is -2.91. The molecule has 1 aromatic heterocycles. The first-order chi connectivity index (χ1) is 16.0. The fourth-order valence-electron chi connectivity index (χ4n) is 4.46. The summed E-state index contributed by atoms with van der Waals surface area (Å²) in [6.07, 6.45) is 6.36. The Bertz CT molecular complexity index is 949. The zero-order valence-corrected chi connectivity index (χ0v) is 18.9. The summed E-state index contributed by atoms with van der Waals surface area (Å²) in [7, 11) is 0. The zero-order chi connectivity index (χ0) is 23.2. The van der Waals surface area contributed by atoms with Crippen molar-refractivity contribution in [2.45, 2.75) is 50.6 Å². The van der Waals surface area contributed by atoms with Crippen LogP contribution in [0.3, 0.4) is 0 Å². The van der Waals surface area contributed by atoms with Crippen molar-refractivity contribution < 1.29 is 13.9 Å². The molecular formula is C24H33FN6O2. The van der Waals surface area contributed by atoms with Gasteiger partial charge < -0.3 is 26.8 Å². The fourth-order valence-corrected chi connectivity index (χ4v) is 4.46. The summed E-state index contributed by atoms with van der Waals surface area (Å²) < 4.78 is 20.5. The predicted octanol–water partition coefficient (Wildman–Crippen LogP) is 3.22. The molecule has 1 aliphatic heterocycles. The van der Waals surface area contributed by atoms with Gasteiger partial charge in [-0.15, -0.1) is 0 Å². The van der Waals surface area contributed by atoms with Crippen LogP contribution >= 0.6 is 0 Å². The summed E-state index contributed by atoms with van der Waals surface area (Å²) >= 11 is 0. The van der Waals surface area contributed by atoms with E-state index in [1.165, 1.54) is 12.8 Å². The number of nitrogens with one attached hydrogen (secondary N) is 2. The van der Waals surface area contributed by atoms with E-state index in [9.17, 15) is 9.18 Å². The Balaban J connectivity index is 1.43. The molecule has 0 bridgehead atoms. The largest absolute Gasteiger partial charge is 0.492 e. The molecule has 0 radical (unpaired) electrons. The highest BCUT2D eigenvalue weighted by molar-refractivity contribution is 5.98. The summed E-state index contributed by atoms with van der Waals surface area (Å²) in [5.41, 5.74) is 12.3. The lowest BCUT2D eigenvalue weighted by Gasteiger charge is -2.30. The normalized spacial score (nSPS) is 21.0. The van der Waals surface area contributed by atoms with Crippen molar-refractivity contribution in [1.29, 1.82) is 0 Å². The Morgan fingerprint density at radius 1 is 1.12 bits per heavy atom. The fraction of sp³-hybridized carbons (Fsp3) is 0.500. The van der Waals surface area contributed by atoms with Crippen LogP contribution in [0, 0.1) is 5.82 Å². The van der Waals surface area contributed by atoms with Crippen LogP contribution in [0.5, 0.6) is 5.75 Å². The molecule has 1 amide bonds. The number of rotatable bonds is 9. The number of pyridine rings is 1. The number of ether oxygens (including phenoxy) is 1. The number of carbonyl (C=O) groups is 1. The lowest BCUT2D eigenvalue weighted by molar-refractivity contribution is 0.100. The van der Waals surface area contributed by atoms with E-state index in [0.717, 1.165) is 57.1 Å². The minimum atomic E-state index is -0.758. The van der Waals surface area contributed by atoms with Gasteiger partial charge in [-0.3, -0.25) is 9.69 Å². The van der Waals surface area contributed by atoms with Gasteiger partial charge in [0, 0.05) is 24.3 Å². The maximum atomic E-state index is 14.7. The van der Waals surface area contributed by atoms with Gasteiger partial charge >= 0.3 is 0 Å². The van der Waals surface area contributed by atoms with Gasteiger partial charge in [-0.25, -0.2) is 9.37 Å². The van der Waals surface area contributed by atoms with Crippen molar-refractivity contribution in [2.75, 3.05) is 36.9 Å². The molecule has 2 fully saturated rings. The molecule has 1 saturated carbocycles. The van der Waals surface area contributed by atoms with Crippen LogP contribution in [0.2, 0.25) is 0 Å². The van der Waals surface area contributed by atoms with E-state index in [1.54, 1.807) is 0 Å². The minimum Gasteiger partial charge on any atom is -0.492 e. The number of amides is 1. The third-order valence-electron chi connectivity index (χ3n) is 6.37. The Kier molecular flexibility index (Phi) is 7.61. The molecule has 178 valence electrons. The number of halogens is 1. The van der Waals surface area contributed by atoms with Crippen molar-refractivity contribution in [2.24, 2.45) is 11.5 Å². The number of benzene rings is 1. The van der Waals surface area contributed by atoms with Crippen molar-refractivity contribution in [3.8, 4) is 5.75 Å². The third kappa shape index (κ3) is 6.11. The van der Waals surface area contributed by atoms with Crippen molar-refractivity contribution in [3.63, 3.8) is 0 Å². The second kappa shape index (κ2) is 10.8. The molecule has 4 rings (SSSR count). The summed E-state index contributed by atoms with van der Waals surface area (Å²) in [6.45, 7) is 3.84. The zero-order valence-electron chi connectivity index (χ0n) is 18.9. The number of nitrogens with zero attached hydrogens (tertiary/aromatic N) is 2. The van der Waals surface area contributed by atoms with E-state index in [4.69, 9.17) is 16.2 Å². The van der Waals surface area contributed by atoms with Gasteiger partial charge in [0.25, 0.3) is 5.91 Å². The number of nitrogens with two attached hydrogens (primary N) is 2. The topological polar surface area (TPSA) is 119 Å². The van der Waals surface area contributed by atoms with E-state index < -0.39 is 11.7 Å². The van der Waals surface area contributed by atoms with Gasteiger partial charge in [-0.2, -0.15) is 0 Å². The number of aromatic nitrogens is 1. The van der Waals surface area contributed by atoms with Gasteiger partial charge in [-0.05, 0) is 69.1 Å². The van der Waals surface area contributed by atoms with Crippen LogP contribution in [0.15, 0.2) is 30.3 Å². The van der Waals surface area contributed by atoms with E-state index in [1.807, 2.05) is 24.3 Å². The molecule has 0 spiro atoms. The SMILES string of the molecule is NC(=O)c1cc(F)c(N[C@@H]2CCCC[C@@H]2N)nc1Nc1ccc(OCCN2CCCC2)cc1. The summed E-state index contributed by atoms with van der Waals surface area (Å²) in [6, 6.07) is 8.33. The van der Waals surface area contributed by atoms with E-state index >= 15 is 0 Å². The van der Waals surface area contributed by atoms with E-state index in [-0.39, 0.29) is 29.3 Å². The van der Waals surface area contributed by atoms with Gasteiger partial charge in [0.1, 0.15) is 18.2 Å². The summed E-state index contributed by atoms with van der Waals surface area (Å²) in [5, 5.41) is 6.20. The van der Waals surface area contributed by atoms with E-state index in [0.29, 0.717) is 12.3 Å². The first kappa shape index (κ1) is 23.3. The molecule has 0 unspecified atom stereocenters. The van der Waals surface area contributed by atoms with Crippen LogP contribution in [0.1, 0.15) is 48.9 Å². The molecule has 2 atom stereocenters. The minimum absolute atomic E-state index is 0.0167. The monoisotopic (exact) mass is 456 g/mol. The standard InChI is InChI=1S/C24H33FN6O2/c25-19-15-18(22(27)32)23(30-24(19)29-21-6-2-1-5-20(21)26)28-16-7-9-17(10-8-16)33-14-13-31-11-3-4-12-31/h7-10,15,20-21H,1-6,11-14,26H2,(H2,27,32)(H2,28,29,30)/t20-,21+/m0/s1. The molecule has 6 N–H and O–H groups in total. The second-order valence-corrected chi connectivity index (χ2v) is 8.82. The van der Waals surface area contributed by atoms with Gasteiger partial charge in [0.05, 0.1) is 5.56 Å². The van der Waals surface area contributed by atoms with Crippen LogP contribution in [0.4, 0.5) is 21.7 Å². The molecule has 1 aromatic carbocycles. The molecule has 2 heterocycles. The number of likely N-dealkylation sites (tertiary alicyclic amines) is 1. The van der Waals surface area contributed by atoms with Crippen LogP contribution in [-0.2, 0) is 0 Å². The molecule has 1 saturated heterocycles. The quantitative estimate of drug-likeness (QED) is 0.457. The van der Waals surface area contributed by atoms with Gasteiger partial charge in [0.2, 0.25) is 0 Å². The number of anilines is 3. The first-order valence-electron chi connectivity index (χ1n) is 11.7. The number of carbonyl (C=O) groups excluding carboxylic acids is 1. The van der Waals surface area contributed by atoms with Crippen LogP contribution in [-0.4, -0.2) is 54.1 Å². The molecule has 33 heavy (non-hydrogen) atoms. The Morgan fingerprint density at radius 3 is 2.55 bits per heavy atom. The molecule has 2 aromatic rings. The number of hydrogen-bond donors (Lipinski definition) is 4. The average Bonchev–Trinajstić information content (AvgIpc) is 3.32. The highest BCUT2D eigenvalue weighted by Gasteiger charge is 2.24. The van der Waals surface area contributed by atoms with E-state index in [2.05, 4.69) is 20.5 Å². The number of hydrogen-bond acceptors (Lipinski definition) is 7. The lowest BCUT2D eigenvalue weighted by Crippen LogP contribution is -2.43. The second-order valence-electron chi connectivity index (χ2n) is 8.82. The van der Waals surface area contributed by atoms with Gasteiger partial charge in [-0.1, -0.05) is 12.8 Å². The molecule has 2 aliphatic rings. The van der Waals surface area contributed by atoms with Crippen molar-refractivity contribution in [3.05, 3.63) is 41.7 Å².